The van der Waals surface area contributed by atoms with Crippen molar-refractivity contribution in [2.24, 2.45) is 0 Å². The van der Waals surface area contributed by atoms with Gasteiger partial charge in [0.1, 0.15) is 0 Å². The van der Waals surface area contributed by atoms with Gasteiger partial charge in [-0.25, -0.2) is 0 Å². The Kier molecular flexibility index (Phi) is 27.2. The first-order valence-electron chi connectivity index (χ1n) is 14.3. The van der Waals surface area contributed by atoms with Crippen LogP contribution in [0, 0.1) is 0 Å². The van der Waals surface area contributed by atoms with E-state index >= 15 is 0 Å². The van der Waals surface area contributed by atoms with E-state index < -0.39 is 5.97 Å². The number of nitrogens with one attached hydrogen (secondary N) is 1. The molecule has 0 atom stereocenters. The van der Waals surface area contributed by atoms with Crippen molar-refractivity contribution in [3.63, 3.8) is 0 Å². The summed E-state index contributed by atoms with van der Waals surface area (Å²) >= 11 is 0. The maximum atomic E-state index is 11.9. The van der Waals surface area contributed by atoms with E-state index in [0.29, 0.717) is 26.0 Å². The van der Waals surface area contributed by atoms with Gasteiger partial charge in [-0.1, -0.05) is 84.0 Å². The first-order chi connectivity index (χ1) is 16.7. The van der Waals surface area contributed by atoms with E-state index in [9.17, 15) is 9.59 Å². The molecule has 0 spiro atoms. The van der Waals surface area contributed by atoms with Crippen LogP contribution in [0.3, 0.4) is 0 Å². The molecule has 6 nitrogen and oxygen atoms in total. The Morgan fingerprint density at radius 1 is 0.559 bits per heavy atom. The molecule has 0 heterocycles. The Morgan fingerprint density at radius 3 is 1.44 bits per heavy atom. The summed E-state index contributed by atoms with van der Waals surface area (Å²) in [7, 11) is 0. The van der Waals surface area contributed by atoms with Crippen molar-refractivity contribution < 1.29 is 24.2 Å². The molecule has 0 saturated carbocycles. The molecule has 0 aliphatic carbocycles. The summed E-state index contributed by atoms with van der Waals surface area (Å²) in [6.45, 7) is 6.00. The van der Waals surface area contributed by atoms with Crippen LogP contribution in [0.15, 0.2) is 0 Å². The van der Waals surface area contributed by atoms with E-state index in [4.69, 9.17) is 14.6 Å². The van der Waals surface area contributed by atoms with Crippen molar-refractivity contribution in [2.45, 2.75) is 135 Å². The van der Waals surface area contributed by atoms with Gasteiger partial charge in [0.25, 0.3) is 0 Å². The molecule has 2 N–H and O–H groups in total. The van der Waals surface area contributed by atoms with Crippen LogP contribution in [0.5, 0.6) is 0 Å². The number of aliphatic carboxylic acids is 1. The van der Waals surface area contributed by atoms with Crippen LogP contribution in [0.1, 0.15) is 135 Å². The van der Waals surface area contributed by atoms with Crippen LogP contribution in [-0.4, -0.2) is 50.0 Å². The molecule has 0 unspecified atom stereocenters. The molecular weight excluding hydrogens is 430 g/mol. The van der Waals surface area contributed by atoms with Crippen LogP contribution < -0.4 is 5.32 Å². The summed E-state index contributed by atoms with van der Waals surface area (Å²) in [6.07, 6.45) is 21.9. The molecular formula is C28H55NO5. The third-order valence-electron chi connectivity index (χ3n) is 6.01. The van der Waals surface area contributed by atoms with E-state index in [1.54, 1.807) is 0 Å². The average molecular weight is 486 g/mol. The summed E-state index contributed by atoms with van der Waals surface area (Å²) in [6, 6.07) is 0. The Labute approximate surface area is 209 Å². The fourth-order valence-corrected chi connectivity index (χ4v) is 3.93. The highest BCUT2D eigenvalue weighted by Gasteiger charge is 2.01. The normalized spacial score (nSPS) is 11.1. The number of carboxylic acids is 1. The maximum absolute atomic E-state index is 11.9. The standard InChI is InChI=1S/C28H55NO5/c1-2-23-33-24-17-18-25-34-26-19-22-29-27(30)20-15-13-11-9-7-5-3-4-6-8-10-12-14-16-21-28(31)32/h2-26H2,1H3,(H,29,30)(H,31,32). The third-order valence-corrected chi connectivity index (χ3v) is 6.01. The molecule has 0 saturated heterocycles. The molecule has 0 radical (unpaired) electrons. The number of hydrogen-bond acceptors (Lipinski definition) is 4. The molecule has 0 aromatic carbocycles. The van der Waals surface area contributed by atoms with Gasteiger partial charge in [-0.15, -0.1) is 0 Å². The van der Waals surface area contributed by atoms with Crippen LogP contribution in [0.4, 0.5) is 0 Å². The topological polar surface area (TPSA) is 84.9 Å². The lowest BCUT2D eigenvalue weighted by atomic mass is 10.0. The van der Waals surface area contributed by atoms with Gasteiger partial charge in [0.15, 0.2) is 0 Å². The van der Waals surface area contributed by atoms with Crippen molar-refractivity contribution in [3.8, 4) is 0 Å². The maximum Gasteiger partial charge on any atom is 0.303 e. The number of hydrogen-bond donors (Lipinski definition) is 2. The van der Waals surface area contributed by atoms with Gasteiger partial charge >= 0.3 is 5.97 Å². The van der Waals surface area contributed by atoms with Gasteiger partial charge in [-0.3, -0.25) is 9.59 Å². The van der Waals surface area contributed by atoms with Gasteiger partial charge in [0.05, 0.1) is 0 Å². The summed E-state index contributed by atoms with van der Waals surface area (Å²) in [5.41, 5.74) is 0. The van der Waals surface area contributed by atoms with Crippen LogP contribution in [0.2, 0.25) is 0 Å². The molecule has 0 aromatic heterocycles. The number of ether oxygens (including phenoxy) is 2. The number of rotatable bonds is 28. The SMILES string of the molecule is CCCOCCCCOCCCNC(=O)CCCCCCCCCCCCCCCCC(=O)O. The summed E-state index contributed by atoms with van der Waals surface area (Å²) in [5, 5.41) is 11.6. The van der Waals surface area contributed by atoms with Gasteiger partial charge < -0.3 is 19.9 Å². The Morgan fingerprint density at radius 2 is 0.971 bits per heavy atom. The smallest absolute Gasteiger partial charge is 0.303 e. The van der Waals surface area contributed by atoms with E-state index in [-0.39, 0.29) is 5.91 Å². The van der Waals surface area contributed by atoms with E-state index in [1.165, 1.54) is 64.2 Å². The van der Waals surface area contributed by atoms with Crippen molar-refractivity contribution in [1.82, 2.24) is 5.32 Å². The second-order valence-electron chi connectivity index (χ2n) is 9.48. The minimum atomic E-state index is -0.673. The Hall–Kier alpha value is -1.14. The number of carbonyl (C=O) groups is 2. The molecule has 1 amide bonds. The van der Waals surface area contributed by atoms with E-state index in [2.05, 4.69) is 12.2 Å². The van der Waals surface area contributed by atoms with Crippen molar-refractivity contribution in [2.75, 3.05) is 33.0 Å². The van der Waals surface area contributed by atoms with Gasteiger partial charge in [0.2, 0.25) is 5.91 Å². The summed E-state index contributed by atoms with van der Waals surface area (Å²) < 4.78 is 11.0. The van der Waals surface area contributed by atoms with Crippen LogP contribution >= 0.6 is 0 Å². The lowest BCUT2D eigenvalue weighted by Crippen LogP contribution is -2.24. The lowest BCUT2D eigenvalue weighted by Gasteiger charge is -2.07. The molecule has 0 fully saturated rings. The van der Waals surface area contributed by atoms with Crippen LogP contribution in [0.25, 0.3) is 0 Å². The van der Waals surface area contributed by atoms with E-state index in [1.807, 2.05) is 0 Å². The third kappa shape index (κ3) is 28.9. The summed E-state index contributed by atoms with van der Waals surface area (Å²) in [5.74, 6) is -0.497. The largest absolute Gasteiger partial charge is 0.481 e. The zero-order valence-electron chi connectivity index (χ0n) is 22.3. The Balaban J connectivity index is 3.15. The fraction of sp³-hybridized carbons (Fsp3) is 0.929. The second kappa shape index (κ2) is 28.1. The first kappa shape index (κ1) is 32.9. The van der Waals surface area contributed by atoms with Crippen molar-refractivity contribution in [3.05, 3.63) is 0 Å². The highest BCUT2D eigenvalue weighted by atomic mass is 16.5. The minimum absolute atomic E-state index is 0.176. The molecule has 0 aliphatic heterocycles. The molecule has 202 valence electrons. The molecule has 0 rings (SSSR count). The van der Waals surface area contributed by atoms with Gasteiger partial charge in [-0.05, 0) is 38.5 Å². The summed E-state index contributed by atoms with van der Waals surface area (Å²) in [4.78, 5) is 22.3. The van der Waals surface area contributed by atoms with Crippen molar-refractivity contribution in [1.29, 1.82) is 0 Å². The van der Waals surface area contributed by atoms with Crippen molar-refractivity contribution >= 4 is 11.9 Å². The fourth-order valence-electron chi connectivity index (χ4n) is 3.93. The van der Waals surface area contributed by atoms with E-state index in [0.717, 1.165) is 71.2 Å². The molecule has 6 heteroatoms. The minimum Gasteiger partial charge on any atom is -0.481 e. The number of carboxylic acid groups (broad SMARTS) is 1. The number of carbonyl (C=O) groups excluding carboxylic acids is 1. The van der Waals surface area contributed by atoms with Gasteiger partial charge in [0, 0.05) is 45.8 Å². The molecule has 34 heavy (non-hydrogen) atoms. The van der Waals surface area contributed by atoms with Crippen LogP contribution in [-0.2, 0) is 19.1 Å². The molecule has 0 aliphatic rings. The monoisotopic (exact) mass is 485 g/mol. The zero-order chi connectivity index (χ0) is 25.0. The number of unbranched alkanes of at least 4 members (excludes halogenated alkanes) is 14. The lowest BCUT2D eigenvalue weighted by molar-refractivity contribution is -0.137. The highest BCUT2D eigenvalue weighted by molar-refractivity contribution is 5.75. The quantitative estimate of drug-likeness (QED) is 0.116. The highest BCUT2D eigenvalue weighted by Crippen LogP contribution is 2.13. The molecule has 0 bridgehead atoms. The number of amides is 1. The predicted octanol–water partition coefficient (Wildman–Crippen LogP) is 7.04. The predicted molar refractivity (Wildman–Crippen MR) is 140 cm³/mol. The molecule has 0 aromatic rings. The second-order valence-corrected chi connectivity index (χ2v) is 9.48. The first-order valence-corrected chi connectivity index (χ1v) is 14.3. The average Bonchev–Trinajstić information content (AvgIpc) is 2.82. The zero-order valence-corrected chi connectivity index (χ0v) is 22.3. The Bertz CT molecular complexity index is 445. The van der Waals surface area contributed by atoms with Gasteiger partial charge in [-0.2, -0.15) is 0 Å².